The Morgan fingerprint density at radius 3 is 2.95 bits per heavy atom. The van der Waals surface area contributed by atoms with Crippen LogP contribution in [-0.2, 0) is 0 Å². The zero-order valence-electron chi connectivity index (χ0n) is 11.1. The van der Waals surface area contributed by atoms with Crippen molar-refractivity contribution in [3.05, 3.63) is 57.8 Å². The van der Waals surface area contributed by atoms with E-state index < -0.39 is 0 Å². The summed E-state index contributed by atoms with van der Waals surface area (Å²) in [6.45, 7) is 2.55. The maximum Gasteiger partial charge on any atom is 0.146 e. The molecule has 1 aliphatic heterocycles. The number of halogens is 2. The summed E-state index contributed by atoms with van der Waals surface area (Å²) in [6.07, 6.45) is 0.817. The van der Waals surface area contributed by atoms with E-state index in [4.69, 9.17) is 4.74 Å². The van der Waals surface area contributed by atoms with Gasteiger partial charge in [-0.3, -0.25) is 0 Å². The molecule has 3 rings (SSSR count). The van der Waals surface area contributed by atoms with Crippen LogP contribution in [0.1, 0.15) is 23.6 Å². The lowest BCUT2D eigenvalue weighted by atomic mass is 9.99. The van der Waals surface area contributed by atoms with Gasteiger partial charge in [-0.25, -0.2) is 4.39 Å². The number of ether oxygens (including phenoxy) is 1. The normalized spacial score (nSPS) is 17.2. The Morgan fingerprint density at radius 1 is 1.30 bits per heavy atom. The molecule has 1 aliphatic rings. The van der Waals surface area contributed by atoms with Crippen molar-refractivity contribution in [1.82, 2.24) is 0 Å². The molecule has 0 aliphatic carbocycles. The minimum atomic E-state index is -0.215. The van der Waals surface area contributed by atoms with Gasteiger partial charge >= 0.3 is 0 Å². The zero-order chi connectivity index (χ0) is 14.1. The molecule has 4 heteroatoms. The topological polar surface area (TPSA) is 21.3 Å². The van der Waals surface area contributed by atoms with Gasteiger partial charge in [0.15, 0.2) is 0 Å². The van der Waals surface area contributed by atoms with E-state index in [1.807, 2.05) is 31.2 Å². The van der Waals surface area contributed by atoms with E-state index in [1.54, 1.807) is 6.07 Å². The SMILES string of the molecule is Cc1cccc(F)c1NC1CCOc2ccc(Br)cc21. The van der Waals surface area contributed by atoms with Crippen LogP contribution in [0, 0.1) is 12.7 Å². The second kappa shape index (κ2) is 5.44. The molecule has 0 spiro atoms. The minimum Gasteiger partial charge on any atom is -0.493 e. The first-order valence-corrected chi connectivity index (χ1v) is 7.38. The highest BCUT2D eigenvalue weighted by atomic mass is 79.9. The molecule has 1 heterocycles. The number of hydrogen-bond acceptors (Lipinski definition) is 2. The van der Waals surface area contributed by atoms with Gasteiger partial charge in [-0.15, -0.1) is 0 Å². The summed E-state index contributed by atoms with van der Waals surface area (Å²) in [4.78, 5) is 0. The van der Waals surface area contributed by atoms with Gasteiger partial charge in [-0.2, -0.15) is 0 Å². The highest BCUT2D eigenvalue weighted by molar-refractivity contribution is 9.10. The highest BCUT2D eigenvalue weighted by Gasteiger charge is 2.23. The largest absolute Gasteiger partial charge is 0.493 e. The lowest BCUT2D eigenvalue weighted by Gasteiger charge is -2.28. The molecule has 2 nitrogen and oxygen atoms in total. The van der Waals surface area contributed by atoms with Gasteiger partial charge in [0.1, 0.15) is 11.6 Å². The molecule has 2 aromatic rings. The van der Waals surface area contributed by atoms with Crippen molar-refractivity contribution >= 4 is 21.6 Å². The monoisotopic (exact) mass is 335 g/mol. The van der Waals surface area contributed by atoms with Gasteiger partial charge in [-0.1, -0.05) is 28.1 Å². The molecule has 104 valence electrons. The number of hydrogen-bond donors (Lipinski definition) is 1. The standard InChI is InChI=1S/C16H15BrFNO/c1-10-3-2-4-13(18)16(10)19-14-7-8-20-15-6-5-11(17)9-12(14)15/h2-6,9,14,19H,7-8H2,1H3. The van der Waals surface area contributed by atoms with E-state index in [2.05, 4.69) is 21.2 Å². The first kappa shape index (κ1) is 13.4. The molecule has 0 aromatic heterocycles. The third-order valence-corrected chi connectivity index (χ3v) is 4.05. The summed E-state index contributed by atoms with van der Waals surface area (Å²) in [5.41, 5.74) is 2.55. The molecule has 0 radical (unpaired) electrons. The lowest BCUT2D eigenvalue weighted by Crippen LogP contribution is -2.21. The van der Waals surface area contributed by atoms with Crippen LogP contribution < -0.4 is 10.1 Å². The summed E-state index contributed by atoms with van der Waals surface area (Å²) in [5, 5.41) is 3.32. The van der Waals surface area contributed by atoms with Gasteiger partial charge in [0.05, 0.1) is 18.3 Å². The van der Waals surface area contributed by atoms with Gasteiger partial charge in [-0.05, 0) is 36.8 Å². The van der Waals surface area contributed by atoms with Crippen LogP contribution >= 0.6 is 15.9 Å². The van der Waals surface area contributed by atoms with Crippen molar-refractivity contribution in [3.8, 4) is 5.75 Å². The first-order chi connectivity index (χ1) is 9.65. The number of aryl methyl sites for hydroxylation is 1. The Bertz CT molecular complexity index is 624. The van der Waals surface area contributed by atoms with Crippen LogP contribution in [0.4, 0.5) is 10.1 Å². The predicted molar refractivity (Wildman–Crippen MR) is 81.8 cm³/mol. The summed E-state index contributed by atoms with van der Waals surface area (Å²) < 4.78 is 20.6. The summed E-state index contributed by atoms with van der Waals surface area (Å²) in [6, 6.07) is 11.1. The van der Waals surface area contributed by atoms with Crippen LogP contribution in [0.3, 0.4) is 0 Å². The molecule has 1 N–H and O–H groups in total. The predicted octanol–water partition coefficient (Wildman–Crippen LogP) is 4.83. The van der Waals surface area contributed by atoms with Crippen molar-refractivity contribution in [3.63, 3.8) is 0 Å². The Morgan fingerprint density at radius 2 is 2.15 bits per heavy atom. The molecular weight excluding hydrogens is 321 g/mol. The van der Waals surface area contributed by atoms with Crippen molar-refractivity contribution in [2.45, 2.75) is 19.4 Å². The van der Waals surface area contributed by atoms with Gasteiger partial charge < -0.3 is 10.1 Å². The van der Waals surface area contributed by atoms with E-state index in [9.17, 15) is 4.39 Å². The molecular formula is C16H15BrFNO. The van der Waals surface area contributed by atoms with Crippen LogP contribution in [-0.4, -0.2) is 6.61 Å². The third-order valence-electron chi connectivity index (χ3n) is 3.55. The minimum absolute atomic E-state index is 0.0619. The summed E-state index contributed by atoms with van der Waals surface area (Å²) >= 11 is 3.47. The molecule has 0 bridgehead atoms. The Balaban J connectivity index is 1.95. The molecule has 0 saturated carbocycles. The average Bonchev–Trinajstić information content (AvgIpc) is 2.43. The number of rotatable bonds is 2. The first-order valence-electron chi connectivity index (χ1n) is 6.59. The van der Waals surface area contributed by atoms with Crippen molar-refractivity contribution < 1.29 is 9.13 Å². The van der Waals surface area contributed by atoms with E-state index in [0.717, 1.165) is 27.8 Å². The molecule has 0 fully saturated rings. The smallest absolute Gasteiger partial charge is 0.146 e. The van der Waals surface area contributed by atoms with Gasteiger partial charge in [0, 0.05) is 16.5 Å². The molecule has 2 aromatic carbocycles. The summed E-state index contributed by atoms with van der Waals surface area (Å²) in [7, 11) is 0. The van der Waals surface area contributed by atoms with Crippen LogP contribution in [0.5, 0.6) is 5.75 Å². The maximum atomic E-state index is 14.0. The second-order valence-corrected chi connectivity index (χ2v) is 5.86. The Kier molecular flexibility index (Phi) is 3.66. The van der Waals surface area contributed by atoms with Gasteiger partial charge in [0.25, 0.3) is 0 Å². The zero-order valence-corrected chi connectivity index (χ0v) is 12.7. The number of anilines is 1. The van der Waals surface area contributed by atoms with Crippen LogP contribution in [0.2, 0.25) is 0 Å². The molecule has 20 heavy (non-hydrogen) atoms. The molecule has 1 atom stereocenters. The number of fused-ring (bicyclic) bond motifs is 1. The second-order valence-electron chi connectivity index (χ2n) is 4.95. The van der Waals surface area contributed by atoms with Gasteiger partial charge in [0.2, 0.25) is 0 Å². The molecule has 1 unspecified atom stereocenters. The third kappa shape index (κ3) is 2.52. The van der Waals surface area contributed by atoms with E-state index >= 15 is 0 Å². The maximum absolute atomic E-state index is 14.0. The van der Waals surface area contributed by atoms with Crippen molar-refractivity contribution in [2.75, 3.05) is 11.9 Å². The summed E-state index contributed by atoms with van der Waals surface area (Å²) in [5.74, 6) is 0.652. The number of para-hydroxylation sites is 1. The lowest BCUT2D eigenvalue weighted by molar-refractivity contribution is 0.274. The van der Waals surface area contributed by atoms with E-state index in [0.29, 0.717) is 12.3 Å². The fraction of sp³-hybridized carbons (Fsp3) is 0.250. The number of nitrogens with one attached hydrogen (secondary N) is 1. The average molecular weight is 336 g/mol. The number of benzene rings is 2. The van der Waals surface area contributed by atoms with E-state index in [1.165, 1.54) is 6.07 Å². The highest BCUT2D eigenvalue weighted by Crippen LogP contribution is 2.37. The fourth-order valence-corrected chi connectivity index (χ4v) is 2.88. The Labute approximate surface area is 126 Å². The van der Waals surface area contributed by atoms with Crippen molar-refractivity contribution in [1.29, 1.82) is 0 Å². The molecule has 0 amide bonds. The quantitative estimate of drug-likeness (QED) is 0.848. The van der Waals surface area contributed by atoms with Crippen LogP contribution in [0.25, 0.3) is 0 Å². The van der Waals surface area contributed by atoms with Crippen molar-refractivity contribution in [2.24, 2.45) is 0 Å². The molecule has 0 saturated heterocycles. The Hall–Kier alpha value is -1.55. The van der Waals surface area contributed by atoms with Crippen LogP contribution in [0.15, 0.2) is 40.9 Å². The fourth-order valence-electron chi connectivity index (χ4n) is 2.50. The van der Waals surface area contributed by atoms with E-state index in [-0.39, 0.29) is 11.9 Å².